The fraction of sp³-hybridized carbons (Fsp3) is 0.786. The molecule has 1 saturated heterocycles. The van der Waals surface area contributed by atoms with E-state index in [1.54, 1.807) is 7.11 Å². The van der Waals surface area contributed by atoms with Gasteiger partial charge in [0.15, 0.2) is 5.82 Å². The Kier molecular flexibility index (Phi) is 4.70. The molecular formula is C14H22N4O2S. The Morgan fingerprint density at radius 1 is 1.33 bits per heavy atom. The fourth-order valence-electron chi connectivity index (χ4n) is 3.13. The minimum atomic E-state index is 0.219. The van der Waals surface area contributed by atoms with E-state index in [2.05, 4.69) is 9.36 Å². The summed E-state index contributed by atoms with van der Waals surface area (Å²) in [5.74, 6) is 1.63. The first-order valence-electron chi connectivity index (χ1n) is 7.60. The molecule has 7 heteroatoms. The Morgan fingerprint density at radius 2 is 2.14 bits per heavy atom. The van der Waals surface area contributed by atoms with Crippen LogP contribution in [0.1, 0.15) is 31.5 Å². The Hall–Kier alpha value is -1.21. The molecule has 2 fully saturated rings. The number of aromatic nitrogens is 2. The third-order valence-electron chi connectivity index (χ3n) is 4.27. The van der Waals surface area contributed by atoms with Crippen molar-refractivity contribution in [1.82, 2.24) is 14.3 Å². The van der Waals surface area contributed by atoms with E-state index in [1.165, 1.54) is 37.2 Å². The minimum Gasteiger partial charge on any atom is -0.377 e. The molecule has 1 saturated carbocycles. The third kappa shape index (κ3) is 3.52. The zero-order chi connectivity index (χ0) is 14.7. The molecule has 0 spiro atoms. The van der Waals surface area contributed by atoms with Crippen LogP contribution in [0.2, 0.25) is 0 Å². The zero-order valence-corrected chi connectivity index (χ0v) is 13.3. The number of methoxy groups -OCH3 is 1. The molecule has 1 aliphatic heterocycles. The number of carbonyl (C=O) groups excluding carboxylic acids is 1. The SMILES string of the molecule is COCc1nsc(N2CCN(CC3CCCC3)C(=O)C2)n1. The summed E-state index contributed by atoms with van der Waals surface area (Å²) in [7, 11) is 1.63. The van der Waals surface area contributed by atoms with Crippen molar-refractivity contribution in [1.29, 1.82) is 0 Å². The summed E-state index contributed by atoms with van der Waals surface area (Å²) in [5.41, 5.74) is 0. The normalized spacial score (nSPS) is 20.5. The van der Waals surface area contributed by atoms with Gasteiger partial charge in [0.2, 0.25) is 11.0 Å². The van der Waals surface area contributed by atoms with Gasteiger partial charge in [-0.3, -0.25) is 4.79 Å². The molecule has 0 bridgehead atoms. The van der Waals surface area contributed by atoms with Gasteiger partial charge in [-0.1, -0.05) is 12.8 Å². The molecule has 21 heavy (non-hydrogen) atoms. The summed E-state index contributed by atoms with van der Waals surface area (Å²) in [6.07, 6.45) is 5.21. The van der Waals surface area contributed by atoms with Gasteiger partial charge in [0.25, 0.3) is 0 Å². The fourth-order valence-corrected chi connectivity index (χ4v) is 3.83. The average Bonchev–Trinajstić information content (AvgIpc) is 3.13. The van der Waals surface area contributed by atoms with Crippen molar-refractivity contribution in [2.24, 2.45) is 5.92 Å². The standard InChI is InChI=1S/C14H22N4O2S/c1-20-10-12-15-14(21-16-12)18-7-6-17(13(19)9-18)8-11-4-2-3-5-11/h11H,2-10H2,1H3. The van der Waals surface area contributed by atoms with Crippen molar-refractivity contribution in [3.05, 3.63) is 5.82 Å². The lowest BCUT2D eigenvalue weighted by atomic mass is 10.1. The number of ether oxygens (including phenoxy) is 1. The van der Waals surface area contributed by atoms with E-state index in [4.69, 9.17) is 4.74 Å². The second kappa shape index (κ2) is 6.70. The molecule has 6 nitrogen and oxygen atoms in total. The number of nitrogens with zero attached hydrogens (tertiary/aromatic N) is 4. The highest BCUT2D eigenvalue weighted by Gasteiger charge is 2.28. The van der Waals surface area contributed by atoms with E-state index in [0.29, 0.717) is 19.0 Å². The number of amides is 1. The van der Waals surface area contributed by atoms with Gasteiger partial charge in [0.1, 0.15) is 6.61 Å². The monoisotopic (exact) mass is 310 g/mol. The first-order valence-corrected chi connectivity index (χ1v) is 8.38. The molecule has 2 aliphatic rings. The molecular weight excluding hydrogens is 288 g/mol. The van der Waals surface area contributed by atoms with Crippen LogP contribution in [-0.2, 0) is 16.1 Å². The summed E-state index contributed by atoms with van der Waals surface area (Å²) in [6, 6.07) is 0. The van der Waals surface area contributed by atoms with Crippen molar-refractivity contribution >= 4 is 22.6 Å². The Bertz CT molecular complexity index is 487. The van der Waals surface area contributed by atoms with Gasteiger partial charge in [-0.2, -0.15) is 4.37 Å². The highest BCUT2D eigenvalue weighted by molar-refractivity contribution is 7.09. The van der Waals surface area contributed by atoms with Crippen LogP contribution >= 0.6 is 11.5 Å². The van der Waals surface area contributed by atoms with Gasteiger partial charge >= 0.3 is 0 Å². The molecule has 1 amide bonds. The van der Waals surface area contributed by atoms with E-state index in [-0.39, 0.29) is 5.91 Å². The molecule has 1 aliphatic carbocycles. The highest BCUT2D eigenvalue weighted by atomic mass is 32.1. The third-order valence-corrected chi connectivity index (χ3v) is 5.09. The molecule has 0 aromatic carbocycles. The Balaban J connectivity index is 1.55. The topological polar surface area (TPSA) is 58.6 Å². The van der Waals surface area contributed by atoms with Crippen LogP contribution in [0.4, 0.5) is 5.13 Å². The van der Waals surface area contributed by atoms with Crippen LogP contribution in [0.3, 0.4) is 0 Å². The lowest BCUT2D eigenvalue weighted by Gasteiger charge is -2.35. The number of piperazine rings is 1. The van der Waals surface area contributed by atoms with Gasteiger partial charge in [-0.25, -0.2) is 4.98 Å². The highest BCUT2D eigenvalue weighted by Crippen LogP contribution is 2.26. The molecule has 0 unspecified atom stereocenters. The average molecular weight is 310 g/mol. The quantitative estimate of drug-likeness (QED) is 0.825. The van der Waals surface area contributed by atoms with Gasteiger partial charge in [-0.15, -0.1) is 0 Å². The lowest BCUT2D eigenvalue weighted by molar-refractivity contribution is -0.131. The van der Waals surface area contributed by atoms with Gasteiger partial charge in [0, 0.05) is 38.3 Å². The predicted molar refractivity (Wildman–Crippen MR) is 81.4 cm³/mol. The number of rotatable bonds is 5. The second-order valence-electron chi connectivity index (χ2n) is 5.84. The second-order valence-corrected chi connectivity index (χ2v) is 6.57. The first-order chi connectivity index (χ1) is 10.3. The summed E-state index contributed by atoms with van der Waals surface area (Å²) in [6.45, 7) is 3.44. The maximum absolute atomic E-state index is 12.3. The number of carbonyl (C=O) groups is 1. The number of hydrogen-bond acceptors (Lipinski definition) is 6. The summed E-state index contributed by atoms with van der Waals surface area (Å²) in [4.78, 5) is 20.8. The molecule has 3 rings (SSSR count). The van der Waals surface area contributed by atoms with Crippen LogP contribution < -0.4 is 4.90 Å². The van der Waals surface area contributed by atoms with Gasteiger partial charge in [0.05, 0.1) is 6.54 Å². The van der Waals surface area contributed by atoms with Crippen LogP contribution in [0, 0.1) is 5.92 Å². The van der Waals surface area contributed by atoms with E-state index >= 15 is 0 Å². The van der Waals surface area contributed by atoms with Crippen LogP contribution in [0.5, 0.6) is 0 Å². The lowest BCUT2D eigenvalue weighted by Crippen LogP contribution is -2.51. The first kappa shape index (κ1) is 14.7. The molecule has 0 N–H and O–H groups in total. The van der Waals surface area contributed by atoms with Crippen LogP contribution in [-0.4, -0.2) is 53.5 Å². The number of hydrogen-bond donors (Lipinski definition) is 0. The summed E-state index contributed by atoms with van der Waals surface area (Å²) >= 11 is 1.35. The van der Waals surface area contributed by atoms with Gasteiger partial charge in [-0.05, 0) is 18.8 Å². The van der Waals surface area contributed by atoms with Crippen LogP contribution in [0.15, 0.2) is 0 Å². The molecule has 2 heterocycles. The molecule has 0 radical (unpaired) electrons. The smallest absolute Gasteiger partial charge is 0.242 e. The zero-order valence-electron chi connectivity index (χ0n) is 12.5. The minimum absolute atomic E-state index is 0.219. The van der Waals surface area contributed by atoms with Crippen molar-refractivity contribution in [2.45, 2.75) is 32.3 Å². The summed E-state index contributed by atoms with van der Waals surface area (Å²) in [5, 5.41) is 0.830. The molecule has 116 valence electrons. The van der Waals surface area contributed by atoms with Crippen LogP contribution in [0.25, 0.3) is 0 Å². The van der Waals surface area contributed by atoms with Crippen molar-refractivity contribution in [3.63, 3.8) is 0 Å². The van der Waals surface area contributed by atoms with Crippen molar-refractivity contribution in [3.8, 4) is 0 Å². The maximum Gasteiger partial charge on any atom is 0.242 e. The molecule has 1 aromatic rings. The largest absolute Gasteiger partial charge is 0.377 e. The van der Waals surface area contributed by atoms with Crippen molar-refractivity contribution in [2.75, 3.05) is 38.2 Å². The maximum atomic E-state index is 12.3. The van der Waals surface area contributed by atoms with E-state index in [0.717, 1.165) is 30.7 Å². The van der Waals surface area contributed by atoms with Gasteiger partial charge < -0.3 is 14.5 Å². The Morgan fingerprint density at radius 3 is 2.86 bits per heavy atom. The summed E-state index contributed by atoms with van der Waals surface area (Å²) < 4.78 is 9.28. The number of anilines is 1. The Labute approximate surface area is 129 Å². The predicted octanol–water partition coefficient (Wildman–Crippen LogP) is 1.52. The molecule has 0 atom stereocenters. The van der Waals surface area contributed by atoms with E-state index in [1.807, 2.05) is 9.80 Å². The van der Waals surface area contributed by atoms with E-state index < -0.39 is 0 Å². The van der Waals surface area contributed by atoms with E-state index in [9.17, 15) is 4.79 Å². The van der Waals surface area contributed by atoms with Crippen molar-refractivity contribution < 1.29 is 9.53 Å². The molecule has 1 aromatic heterocycles.